The summed E-state index contributed by atoms with van der Waals surface area (Å²) in [5, 5.41) is 0.382. The maximum absolute atomic E-state index is 12.6. The number of methoxy groups -OCH3 is 1. The number of amides is 4. The van der Waals surface area contributed by atoms with Crippen LogP contribution >= 0.6 is 11.6 Å². The van der Waals surface area contributed by atoms with Gasteiger partial charge in [-0.3, -0.25) is 24.1 Å². The van der Waals surface area contributed by atoms with Gasteiger partial charge in [0.15, 0.2) is 11.5 Å². The van der Waals surface area contributed by atoms with Gasteiger partial charge in [0.2, 0.25) is 23.6 Å². The number of hydrogen-bond donors (Lipinski definition) is 0. The zero-order chi connectivity index (χ0) is 23.3. The Balaban J connectivity index is 1.55. The van der Waals surface area contributed by atoms with E-state index in [2.05, 4.69) is 0 Å². The van der Waals surface area contributed by atoms with Gasteiger partial charge in [0.05, 0.1) is 18.7 Å². The third-order valence-corrected chi connectivity index (χ3v) is 5.63. The van der Waals surface area contributed by atoms with Crippen LogP contribution in [0.2, 0.25) is 5.02 Å². The smallest absolute Gasteiger partial charge is 0.246 e. The minimum Gasteiger partial charge on any atom is -0.491 e. The number of rotatable bonds is 7. The lowest BCUT2D eigenvalue weighted by molar-refractivity contribution is -0.146. The monoisotopic (exact) mass is 463 g/mol. The van der Waals surface area contributed by atoms with Crippen molar-refractivity contribution in [1.29, 1.82) is 0 Å². The molecule has 4 amide bonds. The van der Waals surface area contributed by atoms with E-state index in [1.165, 1.54) is 13.2 Å². The highest BCUT2D eigenvalue weighted by Crippen LogP contribution is 2.36. The van der Waals surface area contributed by atoms with Crippen molar-refractivity contribution in [2.24, 2.45) is 0 Å². The summed E-state index contributed by atoms with van der Waals surface area (Å²) in [6, 6.07) is 3.43. The van der Waals surface area contributed by atoms with E-state index in [-0.39, 0.29) is 43.0 Å². The number of ether oxygens (including phenoxy) is 2. The Hall–Kier alpha value is -3.07. The zero-order valence-corrected chi connectivity index (χ0v) is 18.9. The average Bonchev–Trinajstić information content (AvgIpc) is 3.09. The van der Waals surface area contributed by atoms with E-state index in [0.29, 0.717) is 54.9 Å². The second kappa shape index (κ2) is 10.5. The molecule has 2 saturated heterocycles. The second-order valence-corrected chi connectivity index (χ2v) is 7.79. The van der Waals surface area contributed by atoms with E-state index in [1.54, 1.807) is 28.0 Å². The van der Waals surface area contributed by atoms with Crippen molar-refractivity contribution in [2.75, 3.05) is 46.4 Å². The van der Waals surface area contributed by atoms with Crippen molar-refractivity contribution in [3.05, 3.63) is 28.8 Å². The summed E-state index contributed by atoms with van der Waals surface area (Å²) in [7, 11) is 1.51. The van der Waals surface area contributed by atoms with Crippen molar-refractivity contribution in [1.82, 2.24) is 14.7 Å². The maximum Gasteiger partial charge on any atom is 0.246 e. The topological polar surface area (TPSA) is 96.5 Å². The van der Waals surface area contributed by atoms with Gasteiger partial charge in [-0.1, -0.05) is 11.6 Å². The summed E-state index contributed by atoms with van der Waals surface area (Å²) in [6.45, 7) is 3.49. The van der Waals surface area contributed by atoms with E-state index in [1.807, 2.05) is 6.92 Å². The van der Waals surface area contributed by atoms with Gasteiger partial charge in [0.25, 0.3) is 0 Å². The Morgan fingerprint density at radius 1 is 1.06 bits per heavy atom. The van der Waals surface area contributed by atoms with Gasteiger partial charge in [0.1, 0.15) is 6.54 Å². The number of piperazine rings is 1. The molecule has 2 aliphatic rings. The quantitative estimate of drug-likeness (QED) is 0.450. The van der Waals surface area contributed by atoms with Gasteiger partial charge in [-0.15, -0.1) is 0 Å². The first-order valence-electron chi connectivity index (χ1n) is 10.4. The molecular weight excluding hydrogens is 438 g/mol. The maximum atomic E-state index is 12.6. The molecule has 0 N–H and O–H groups in total. The van der Waals surface area contributed by atoms with Gasteiger partial charge in [-0.05, 0) is 30.7 Å². The number of halogens is 1. The van der Waals surface area contributed by atoms with Crippen LogP contribution < -0.4 is 9.47 Å². The van der Waals surface area contributed by atoms with Crippen molar-refractivity contribution < 1.29 is 28.7 Å². The van der Waals surface area contributed by atoms with Crippen LogP contribution in [0.3, 0.4) is 0 Å². The SMILES string of the molecule is CCOc1cc(/C=C/C(=O)N2CCN(C(=O)CN3C(=O)CCC3=O)CC2)cc(Cl)c1OC. The molecule has 10 heteroatoms. The molecule has 0 bridgehead atoms. The molecule has 32 heavy (non-hydrogen) atoms. The van der Waals surface area contributed by atoms with Crippen LogP contribution in [0.5, 0.6) is 11.5 Å². The third kappa shape index (κ3) is 5.40. The van der Waals surface area contributed by atoms with Gasteiger partial charge >= 0.3 is 0 Å². The molecule has 3 rings (SSSR count). The number of carbonyl (C=O) groups excluding carboxylic acids is 4. The van der Waals surface area contributed by atoms with Crippen LogP contribution in [0.1, 0.15) is 25.3 Å². The molecule has 2 heterocycles. The number of nitrogens with zero attached hydrogens (tertiary/aromatic N) is 3. The van der Waals surface area contributed by atoms with Crippen LogP contribution in [0.25, 0.3) is 6.08 Å². The van der Waals surface area contributed by atoms with Gasteiger partial charge in [-0.25, -0.2) is 0 Å². The van der Waals surface area contributed by atoms with Gasteiger partial charge < -0.3 is 19.3 Å². The molecule has 172 valence electrons. The van der Waals surface area contributed by atoms with Crippen LogP contribution in [0, 0.1) is 0 Å². The fourth-order valence-corrected chi connectivity index (χ4v) is 3.93. The molecule has 9 nitrogen and oxygen atoms in total. The number of carbonyl (C=O) groups is 4. The lowest BCUT2D eigenvalue weighted by Gasteiger charge is -2.34. The number of hydrogen-bond acceptors (Lipinski definition) is 6. The first-order valence-corrected chi connectivity index (χ1v) is 10.8. The summed E-state index contributed by atoms with van der Waals surface area (Å²) < 4.78 is 10.8. The van der Waals surface area contributed by atoms with Crippen LogP contribution in [0.4, 0.5) is 0 Å². The molecule has 0 atom stereocenters. The van der Waals surface area contributed by atoms with Crippen LogP contribution in [-0.2, 0) is 19.2 Å². The van der Waals surface area contributed by atoms with E-state index in [4.69, 9.17) is 21.1 Å². The first-order chi connectivity index (χ1) is 15.3. The molecule has 2 fully saturated rings. The normalized spacial score (nSPS) is 16.8. The molecule has 0 spiro atoms. The highest BCUT2D eigenvalue weighted by Gasteiger charge is 2.32. The second-order valence-electron chi connectivity index (χ2n) is 7.38. The highest BCUT2D eigenvalue weighted by molar-refractivity contribution is 6.32. The summed E-state index contributed by atoms with van der Waals surface area (Å²) in [5.74, 6) is -0.159. The van der Waals surface area contributed by atoms with Crippen LogP contribution in [0.15, 0.2) is 18.2 Å². The standard InChI is InChI=1S/C22H26ClN3O6/c1-3-32-17-13-15(12-16(23)22(17)31-2)4-5-18(27)24-8-10-25(11-9-24)21(30)14-26-19(28)6-7-20(26)29/h4-5,12-13H,3,6-11,14H2,1-2H3/b5-4+. The molecule has 0 saturated carbocycles. The molecule has 0 unspecified atom stereocenters. The van der Waals surface area contributed by atoms with Crippen LogP contribution in [-0.4, -0.2) is 84.8 Å². The number of benzene rings is 1. The predicted molar refractivity (Wildman–Crippen MR) is 117 cm³/mol. The Bertz CT molecular complexity index is 924. The third-order valence-electron chi connectivity index (χ3n) is 5.35. The highest BCUT2D eigenvalue weighted by atomic mass is 35.5. The zero-order valence-electron chi connectivity index (χ0n) is 18.1. The number of imide groups is 1. The Labute approximate surface area is 191 Å². The largest absolute Gasteiger partial charge is 0.491 e. The Morgan fingerprint density at radius 3 is 2.28 bits per heavy atom. The minimum atomic E-state index is -0.312. The minimum absolute atomic E-state index is 0.159. The van der Waals surface area contributed by atoms with E-state index in [9.17, 15) is 19.2 Å². The summed E-state index contributed by atoms with van der Waals surface area (Å²) >= 11 is 6.24. The van der Waals surface area contributed by atoms with Crippen molar-refractivity contribution >= 4 is 41.3 Å². The molecule has 0 aliphatic carbocycles. The van der Waals surface area contributed by atoms with Crippen molar-refractivity contribution in [3.63, 3.8) is 0 Å². The summed E-state index contributed by atoms with van der Waals surface area (Å²) in [6.07, 6.45) is 3.42. The fourth-order valence-electron chi connectivity index (χ4n) is 3.63. The average molecular weight is 464 g/mol. The lowest BCUT2D eigenvalue weighted by atomic mass is 10.1. The van der Waals surface area contributed by atoms with Gasteiger partial charge in [0, 0.05) is 45.1 Å². The van der Waals surface area contributed by atoms with Gasteiger partial charge in [-0.2, -0.15) is 0 Å². The lowest BCUT2D eigenvalue weighted by Crippen LogP contribution is -2.52. The molecule has 2 aliphatic heterocycles. The van der Waals surface area contributed by atoms with E-state index < -0.39 is 0 Å². The molecule has 1 aromatic rings. The first kappa shape index (κ1) is 23.6. The fraction of sp³-hybridized carbons (Fsp3) is 0.455. The number of likely N-dealkylation sites (tertiary alicyclic amines) is 1. The van der Waals surface area contributed by atoms with Crippen molar-refractivity contribution in [3.8, 4) is 11.5 Å². The van der Waals surface area contributed by atoms with E-state index >= 15 is 0 Å². The molecular formula is C22H26ClN3O6. The molecule has 1 aromatic carbocycles. The van der Waals surface area contributed by atoms with Crippen molar-refractivity contribution in [2.45, 2.75) is 19.8 Å². The molecule has 0 radical (unpaired) electrons. The van der Waals surface area contributed by atoms with E-state index in [0.717, 1.165) is 4.90 Å². The Kier molecular flexibility index (Phi) is 7.74. The molecule has 0 aromatic heterocycles. The summed E-state index contributed by atoms with van der Waals surface area (Å²) in [5.41, 5.74) is 0.696. The summed E-state index contributed by atoms with van der Waals surface area (Å²) in [4.78, 5) is 52.6. The Morgan fingerprint density at radius 2 is 1.69 bits per heavy atom. The predicted octanol–water partition coefficient (Wildman–Crippen LogP) is 1.58.